The van der Waals surface area contributed by atoms with E-state index in [9.17, 15) is 0 Å². The minimum Gasteiger partial charge on any atom is -0.312 e. The lowest BCUT2D eigenvalue weighted by molar-refractivity contribution is 0.544. The maximum atomic E-state index is 3.43. The number of rotatable bonds is 3. The number of hydrogen-bond donors (Lipinski definition) is 1. The third-order valence-corrected chi connectivity index (χ3v) is 4.22. The van der Waals surface area contributed by atoms with Crippen molar-refractivity contribution >= 4 is 11.8 Å². The summed E-state index contributed by atoms with van der Waals surface area (Å²) in [7, 11) is 2.07. The van der Waals surface area contributed by atoms with Crippen LogP contribution < -0.4 is 5.32 Å². The maximum absolute atomic E-state index is 3.43. The van der Waals surface area contributed by atoms with E-state index in [1.807, 2.05) is 11.8 Å². The van der Waals surface area contributed by atoms with Crippen LogP contribution >= 0.6 is 11.8 Å². The zero-order valence-electron chi connectivity index (χ0n) is 8.79. The fraction of sp³-hybridized carbons (Fsp3) is 0.500. The van der Waals surface area contributed by atoms with Gasteiger partial charge in [-0.3, -0.25) is 0 Å². The Bertz CT molecular complexity index is 311. The average Bonchev–Trinajstić information content (AvgIpc) is 2.55. The predicted octanol–water partition coefficient (Wildman–Crippen LogP) is 3.22. The van der Waals surface area contributed by atoms with Gasteiger partial charge in [0.1, 0.15) is 0 Å². The molecule has 2 atom stereocenters. The smallest absolute Gasteiger partial charge is 0.0452 e. The summed E-state index contributed by atoms with van der Waals surface area (Å²) in [6, 6.07) is 9.31. The van der Waals surface area contributed by atoms with E-state index in [0.29, 0.717) is 6.04 Å². The SMILES string of the molecule is CCCC1Sc2ccccc2C1NC. The van der Waals surface area contributed by atoms with Crippen LogP contribution in [0.25, 0.3) is 0 Å². The number of fused-ring (bicyclic) bond motifs is 1. The van der Waals surface area contributed by atoms with Crippen LogP contribution in [0.4, 0.5) is 0 Å². The minimum atomic E-state index is 0.552. The Balaban J connectivity index is 2.24. The molecule has 0 amide bonds. The highest BCUT2D eigenvalue weighted by atomic mass is 32.2. The molecule has 0 radical (unpaired) electrons. The van der Waals surface area contributed by atoms with Crippen LogP contribution in [0.2, 0.25) is 0 Å². The van der Waals surface area contributed by atoms with Crippen LogP contribution in [0.1, 0.15) is 31.4 Å². The lowest BCUT2D eigenvalue weighted by Crippen LogP contribution is -2.23. The first-order valence-corrected chi connectivity index (χ1v) is 6.17. The van der Waals surface area contributed by atoms with Crippen LogP contribution in [0.15, 0.2) is 29.2 Å². The first kappa shape index (κ1) is 10.1. The molecular formula is C12H17NS. The van der Waals surface area contributed by atoms with E-state index in [2.05, 4.69) is 43.6 Å². The summed E-state index contributed by atoms with van der Waals surface area (Å²) in [4.78, 5) is 1.46. The van der Waals surface area contributed by atoms with E-state index in [-0.39, 0.29) is 0 Å². The molecule has 1 aromatic rings. The predicted molar refractivity (Wildman–Crippen MR) is 62.8 cm³/mol. The summed E-state index contributed by atoms with van der Waals surface area (Å²) in [5.74, 6) is 0. The molecule has 1 nitrogen and oxygen atoms in total. The Hall–Kier alpha value is -0.470. The van der Waals surface area contributed by atoms with Crippen LogP contribution in [-0.4, -0.2) is 12.3 Å². The highest BCUT2D eigenvalue weighted by molar-refractivity contribution is 8.00. The molecule has 1 aromatic carbocycles. The van der Waals surface area contributed by atoms with Crippen molar-refractivity contribution in [2.45, 2.75) is 36.0 Å². The van der Waals surface area contributed by atoms with Gasteiger partial charge in [-0.2, -0.15) is 0 Å². The first-order chi connectivity index (χ1) is 6.86. The Morgan fingerprint density at radius 3 is 2.86 bits per heavy atom. The topological polar surface area (TPSA) is 12.0 Å². The normalized spacial score (nSPS) is 25.0. The molecule has 2 rings (SSSR count). The zero-order chi connectivity index (χ0) is 9.97. The monoisotopic (exact) mass is 207 g/mol. The molecule has 0 fully saturated rings. The van der Waals surface area contributed by atoms with Gasteiger partial charge in [0.25, 0.3) is 0 Å². The van der Waals surface area contributed by atoms with Gasteiger partial charge in [-0.15, -0.1) is 11.8 Å². The lowest BCUT2D eigenvalue weighted by Gasteiger charge is -2.17. The first-order valence-electron chi connectivity index (χ1n) is 5.29. The number of nitrogens with one attached hydrogen (secondary N) is 1. The average molecular weight is 207 g/mol. The molecule has 1 N–H and O–H groups in total. The van der Waals surface area contributed by atoms with Gasteiger partial charge in [-0.1, -0.05) is 31.5 Å². The van der Waals surface area contributed by atoms with Crippen molar-refractivity contribution in [2.75, 3.05) is 7.05 Å². The van der Waals surface area contributed by atoms with E-state index >= 15 is 0 Å². The molecule has 0 saturated carbocycles. The standard InChI is InChI=1S/C12H17NS/c1-3-6-11-12(13-2)9-7-4-5-8-10(9)14-11/h4-5,7-8,11-13H,3,6H2,1-2H3. The summed E-state index contributed by atoms with van der Waals surface area (Å²) < 4.78 is 0. The van der Waals surface area contributed by atoms with E-state index in [1.54, 1.807) is 0 Å². The van der Waals surface area contributed by atoms with Crippen LogP contribution in [0, 0.1) is 0 Å². The van der Waals surface area contributed by atoms with Gasteiger partial charge in [0, 0.05) is 16.2 Å². The van der Waals surface area contributed by atoms with Crippen LogP contribution in [0.5, 0.6) is 0 Å². The summed E-state index contributed by atoms with van der Waals surface area (Å²) in [6.45, 7) is 2.26. The summed E-state index contributed by atoms with van der Waals surface area (Å²) in [5, 5.41) is 4.16. The van der Waals surface area contributed by atoms with E-state index in [0.717, 1.165) is 5.25 Å². The molecule has 2 heteroatoms. The molecule has 0 saturated heterocycles. The molecule has 1 aliphatic heterocycles. The van der Waals surface area contributed by atoms with Crippen LogP contribution in [0.3, 0.4) is 0 Å². The van der Waals surface area contributed by atoms with Gasteiger partial charge < -0.3 is 5.32 Å². The molecule has 0 spiro atoms. The second-order valence-corrected chi connectivity index (χ2v) is 5.03. The van der Waals surface area contributed by atoms with E-state index < -0.39 is 0 Å². The van der Waals surface area contributed by atoms with Crippen molar-refractivity contribution in [2.24, 2.45) is 0 Å². The van der Waals surface area contributed by atoms with Crippen molar-refractivity contribution in [3.8, 4) is 0 Å². The van der Waals surface area contributed by atoms with Crippen molar-refractivity contribution < 1.29 is 0 Å². The fourth-order valence-corrected chi connectivity index (χ4v) is 3.71. The molecule has 2 unspecified atom stereocenters. The van der Waals surface area contributed by atoms with Gasteiger partial charge in [0.05, 0.1) is 0 Å². The van der Waals surface area contributed by atoms with Crippen molar-refractivity contribution in [1.82, 2.24) is 5.32 Å². The largest absolute Gasteiger partial charge is 0.312 e. The van der Waals surface area contributed by atoms with Crippen LogP contribution in [-0.2, 0) is 0 Å². The molecule has 1 aliphatic rings. The third kappa shape index (κ3) is 1.69. The van der Waals surface area contributed by atoms with Gasteiger partial charge in [-0.25, -0.2) is 0 Å². The van der Waals surface area contributed by atoms with Crippen molar-refractivity contribution in [3.63, 3.8) is 0 Å². The third-order valence-electron chi connectivity index (χ3n) is 2.79. The maximum Gasteiger partial charge on any atom is 0.0452 e. The Labute approximate surface area is 90.3 Å². The minimum absolute atomic E-state index is 0.552. The molecule has 14 heavy (non-hydrogen) atoms. The van der Waals surface area contributed by atoms with E-state index in [1.165, 1.54) is 23.3 Å². The quantitative estimate of drug-likeness (QED) is 0.816. The zero-order valence-corrected chi connectivity index (χ0v) is 9.60. The fourth-order valence-electron chi connectivity index (χ4n) is 2.13. The number of hydrogen-bond acceptors (Lipinski definition) is 2. The Kier molecular flexibility index (Phi) is 3.14. The van der Waals surface area contributed by atoms with Gasteiger partial charge in [0.15, 0.2) is 0 Å². The second kappa shape index (κ2) is 4.37. The highest BCUT2D eigenvalue weighted by Gasteiger charge is 2.30. The highest BCUT2D eigenvalue weighted by Crippen LogP contribution is 2.45. The summed E-state index contributed by atoms with van der Waals surface area (Å²) in [5.41, 5.74) is 1.48. The molecule has 0 aromatic heterocycles. The Morgan fingerprint density at radius 1 is 1.36 bits per heavy atom. The second-order valence-electron chi connectivity index (χ2n) is 3.75. The molecule has 0 bridgehead atoms. The molecule has 1 heterocycles. The molecular weight excluding hydrogens is 190 g/mol. The van der Waals surface area contributed by atoms with Crippen molar-refractivity contribution in [3.05, 3.63) is 29.8 Å². The van der Waals surface area contributed by atoms with Crippen molar-refractivity contribution in [1.29, 1.82) is 0 Å². The lowest BCUT2D eigenvalue weighted by atomic mass is 10.0. The number of benzene rings is 1. The molecule has 76 valence electrons. The Morgan fingerprint density at radius 2 is 2.14 bits per heavy atom. The summed E-state index contributed by atoms with van der Waals surface area (Å²) in [6.07, 6.45) is 2.56. The van der Waals surface area contributed by atoms with E-state index in [4.69, 9.17) is 0 Å². The van der Waals surface area contributed by atoms with Gasteiger partial charge in [0.2, 0.25) is 0 Å². The molecule has 0 aliphatic carbocycles. The van der Waals surface area contributed by atoms with Gasteiger partial charge in [-0.05, 0) is 25.1 Å². The summed E-state index contributed by atoms with van der Waals surface area (Å²) >= 11 is 2.03. The number of thioether (sulfide) groups is 1. The van der Waals surface area contributed by atoms with Gasteiger partial charge >= 0.3 is 0 Å².